The second kappa shape index (κ2) is 8.32. The van der Waals surface area contributed by atoms with E-state index in [0.29, 0.717) is 23.0 Å². The smallest absolute Gasteiger partial charge is 0.339 e. The monoisotopic (exact) mass is 444 g/mol. The molecule has 0 radical (unpaired) electrons. The van der Waals surface area contributed by atoms with Crippen LogP contribution in [0, 0.1) is 0 Å². The van der Waals surface area contributed by atoms with Gasteiger partial charge < -0.3 is 13.9 Å². The van der Waals surface area contributed by atoms with Gasteiger partial charge in [-0.1, -0.05) is 35.3 Å². The van der Waals surface area contributed by atoms with Crippen molar-refractivity contribution in [3.63, 3.8) is 0 Å². The number of ether oxygens (including phenoxy) is 1. The molecule has 30 heavy (non-hydrogen) atoms. The minimum Gasteiger partial charge on any atom is -0.465 e. The molecule has 0 saturated heterocycles. The zero-order valence-electron chi connectivity index (χ0n) is 16.8. The maximum atomic E-state index is 12.6. The lowest BCUT2D eigenvalue weighted by atomic mass is 9.87. The molecular weight excluding hydrogens is 423 g/mol. The molecule has 1 fully saturated rings. The lowest BCUT2D eigenvalue weighted by Crippen LogP contribution is -2.19. The van der Waals surface area contributed by atoms with Gasteiger partial charge in [-0.3, -0.25) is 4.79 Å². The molecule has 3 aromatic rings. The Kier molecular flexibility index (Phi) is 5.76. The largest absolute Gasteiger partial charge is 0.465 e. The maximum Gasteiger partial charge on any atom is 0.339 e. The number of aryl methyl sites for hydroxylation is 1. The Balaban J connectivity index is 1.87. The third kappa shape index (κ3) is 4.05. The Labute approximate surface area is 184 Å². The van der Waals surface area contributed by atoms with E-state index in [1.54, 1.807) is 19.3 Å². The van der Waals surface area contributed by atoms with E-state index in [4.69, 9.17) is 27.9 Å². The van der Waals surface area contributed by atoms with Gasteiger partial charge in [-0.15, -0.1) is 0 Å². The molecule has 0 aliphatic heterocycles. The van der Waals surface area contributed by atoms with Crippen molar-refractivity contribution in [2.75, 3.05) is 7.11 Å². The van der Waals surface area contributed by atoms with Gasteiger partial charge in [-0.2, -0.15) is 0 Å². The molecule has 4 rings (SSSR count). The Morgan fingerprint density at radius 3 is 2.50 bits per heavy atom. The van der Waals surface area contributed by atoms with Crippen molar-refractivity contribution in [3.8, 4) is 0 Å². The fourth-order valence-corrected chi connectivity index (χ4v) is 4.33. The molecule has 156 valence electrons. The van der Waals surface area contributed by atoms with E-state index in [1.807, 2.05) is 36.5 Å². The van der Waals surface area contributed by atoms with Crippen LogP contribution in [-0.4, -0.2) is 22.2 Å². The summed E-state index contributed by atoms with van der Waals surface area (Å²) in [5.41, 5.74) is 3.16. The number of methoxy groups -OCH3 is 1. The first kappa shape index (κ1) is 20.8. The fraction of sp³-hybridized carbons (Fsp3) is 0.304. The number of esters is 1. The summed E-state index contributed by atoms with van der Waals surface area (Å²) in [5.74, 6) is -0.498. The van der Waals surface area contributed by atoms with Gasteiger partial charge in [0.05, 0.1) is 12.7 Å². The van der Waals surface area contributed by atoms with Crippen LogP contribution in [0.4, 0.5) is 0 Å². The predicted molar refractivity (Wildman–Crippen MR) is 118 cm³/mol. The molecule has 0 N–H and O–H groups in total. The van der Waals surface area contributed by atoms with Crippen molar-refractivity contribution in [3.05, 3.63) is 91.6 Å². The summed E-state index contributed by atoms with van der Waals surface area (Å²) in [5, 5.41) is 0.823. The standard InChI is InChI=1S/C23H22Cl2N2O3/c1-26-13-14(12-20(25)22(26)28)11-19(15-3-5-16(24)6-4-15)21-18(23(29)30-2)9-10-27(21)17-7-8-17/h3-6,9-10,12-13,17,19H,7-8,11H2,1-2H3. The number of hydrogen-bond acceptors (Lipinski definition) is 3. The predicted octanol–water partition coefficient (Wildman–Crippen LogP) is 4.99. The van der Waals surface area contributed by atoms with E-state index in [0.717, 1.165) is 29.7 Å². The van der Waals surface area contributed by atoms with Crippen molar-refractivity contribution in [2.24, 2.45) is 7.05 Å². The van der Waals surface area contributed by atoms with Crippen molar-refractivity contribution in [2.45, 2.75) is 31.2 Å². The molecule has 1 unspecified atom stereocenters. The lowest BCUT2D eigenvalue weighted by molar-refractivity contribution is 0.0599. The number of halogens is 2. The third-order valence-electron chi connectivity index (χ3n) is 5.54. The molecule has 1 atom stereocenters. The number of carbonyl (C=O) groups excluding carboxylic acids is 1. The van der Waals surface area contributed by atoms with Crippen LogP contribution >= 0.6 is 23.2 Å². The number of rotatable bonds is 6. The van der Waals surface area contributed by atoms with Crippen LogP contribution in [0.15, 0.2) is 53.6 Å². The van der Waals surface area contributed by atoms with Gasteiger partial charge in [0.15, 0.2) is 0 Å². The Morgan fingerprint density at radius 1 is 1.20 bits per heavy atom. The zero-order chi connectivity index (χ0) is 21.4. The summed E-state index contributed by atoms with van der Waals surface area (Å²) in [6.45, 7) is 0. The van der Waals surface area contributed by atoms with Crippen LogP contribution in [0.5, 0.6) is 0 Å². The molecule has 0 spiro atoms. The Hall–Kier alpha value is -2.50. The number of hydrogen-bond donors (Lipinski definition) is 0. The van der Waals surface area contributed by atoms with Crippen LogP contribution in [0.1, 0.15) is 52.0 Å². The first-order valence-corrected chi connectivity index (χ1v) is 10.5. The number of nitrogens with zero attached hydrogens (tertiary/aromatic N) is 2. The lowest BCUT2D eigenvalue weighted by Gasteiger charge is -2.22. The van der Waals surface area contributed by atoms with Crippen molar-refractivity contribution < 1.29 is 9.53 Å². The molecule has 1 aliphatic carbocycles. The second-order valence-corrected chi connectivity index (χ2v) is 8.51. The van der Waals surface area contributed by atoms with Crippen molar-refractivity contribution in [1.29, 1.82) is 0 Å². The maximum absolute atomic E-state index is 12.6. The number of carbonyl (C=O) groups is 1. The van der Waals surface area contributed by atoms with Crippen LogP contribution in [0.3, 0.4) is 0 Å². The van der Waals surface area contributed by atoms with Crippen LogP contribution in [-0.2, 0) is 18.2 Å². The zero-order valence-corrected chi connectivity index (χ0v) is 18.3. The van der Waals surface area contributed by atoms with Crippen LogP contribution in [0.25, 0.3) is 0 Å². The van der Waals surface area contributed by atoms with Gasteiger partial charge in [-0.25, -0.2) is 4.79 Å². The molecule has 0 bridgehead atoms. The Morgan fingerprint density at radius 2 is 1.90 bits per heavy atom. The number of pyridine rings is 1. The molecule has 1 saturated carbocycles. The van der Waals surface area contributed by atoms with E-state index in [2.05, 4.69) is 4.57 Å². The highest BCUT2D eigenvalue weighted by Crippen LogP contribution is 2.41. The van der Waals surface area contributed by atoms with E-state index >= 15 is 0 Å². The summed E-state index contributed by atoms with van der Waals surface area (Å²) in [6.07, 6.45) is 6.49. The van der Waals surface area contributed by atoms with Gasteiger partial charge in [0.25, 0.3) is 5.56 Å². The van der Waals surface area contributed by atoms with Crippen LogP contribution < -0.4 is 5.56 Å². The average Bonchev–Trinajstić information content (AvgIpc) is 3.49. The molecule has 5 nitrogen and oxygen atoms in total. The quantitative estimate of drug-likeness (QED) is 0.503. The second-order valence-electron chi connectivity index (χ2n) is 7.67. The number of benzene rings is 1. The summed E-state index contributed by atoms with van der Waals surface area (Å²) in [7, 11) is 3.08. The summed E-state index contributed by atoms with van der Waals surface area (Å²) in [6, 6.07) is 11.6. The molecule has 1 aromatic carbocycles. The average molecular weight is 445 g/mol. The first-order chi connectivity index (χ1) is 14.4. The summed E-state index contributed by atoms with van der Waals surface area (Å²) >= 11 is 12.3. The molecule has 0 amide bonds. The van der Waals surface area contributed by atoms with E-state index in [1.165, 1.54) is 11.7 Å². The normalized spacial score (nSPS) is 14.5. The van der Waals surface area contributed by atoms with E-state index < -0.39 is 0 Å². The summed E-state index contributed by atoms with van der Waals surface area (Å²) in [4.78, 5) is 24.6. The number of aromatic nitrogens is 2. The molecule has 7 heteroatoms. The van der Waals surface area contributed by atoms with Crippen molar-refractivity contribution >= 4 is 29.2 Å². The van der Waals surface area contributed by atoms with Gasteiger partial charge in [0.2, 0.25) is 0 Å². The first-order valence-electron chi connectivity index (χ1n) is 9.78. The van der Waals surface area contributed by atoms with E-state index in [9.17, 15) is 9.59 Å². The van der Waals surface area contributed by atoms with Gasteiger partial charge >= 0.3 is 5.97 Å². The summed E-state index contributed by atoms with van der Waals surface area (Å²) < 4.78 is 8.73. The highest BCUT2D eigenvalue weighted by molar-refractivity contribution is 6.30. The minimum atomic E-state index is -0.359. The SMILES string of the molecule is COC(=O)c1ccn(C2CC2)c1C(Cc1cc(Cl)c(=O)n(C)c1)c1ccc(Cl)cc1. The van der Waals surface area contributed by atoms with Gasteiger partial charge in [-0.05, 0) is 54.7 Å². The Bertz CT molecular complexity index is 1120. The molecule has 1 aliphatic rings. The minimum absolute atomic E-state index is 0.138. The highest BCUT2D eigenvalue weighted by Gasteiger charge is 2.32. The molecule has 2 aromatic heterocycles. The molecular formula is C23H22Cl2N2O3. The van der Waals surface area contributed by atoms with Gasteiger partial charge in [0.1, 0.15) is 5.02 Å². The topological polar surface area (TPSA) is 53.2 Å². The molecule has 2 heterocycles. The van der Waals surface area contributed by atoms with Crippen molar-refractivity contribution in [1.82, 2.24) is 9.13 Å². The van der Waals surface area contributed by atoms with E-state index in [-0.39, 0.29) is 22.5 Å². The van der Waals surface area contributed by atoms with Gasteiger partial charge in [0, 0.05) is 42.1 Å². The highest BCUT2D eigenvalue weighted by atomic mass is 35.5. The fourth-order valence-electron chi connectivity index (χ4n) is 3.93. The van der Waals surface area contributed by atoms with Crippen LogP contribution in [0.2, 0.25) is 10.0 Å². The third-order valence-corrected chi connectivity index (χ3v) is 6.06.